The Labute approximate surface area is 137 Å². The molecule has 0 saturated carbocycles. The van der Waals surface area contributed by atoms with Crippen molar-refractivity contribution in [2.75, 3.05) is 6.61 Å². The Hall–Kier alpha value is -2.07. The summed E-state index contributed by atoms with van der Waals surface area (Å²) in [5, 5.41) is 0. The lowest BCUT2D eigenvalue weighted by molar-refractivity contribution is -0.105. The van der Waals surface area contributed by atoms with Crippen molar-refractivity contribution in [2.45, 2.75) is 13.5 Å². The van der Waals surface area contributed by atoms with Gasteiger partial charge >= 0.3 is 0 Å². The predicted molar refractivity (Wildman–Crippen MR) is 89.2 cm³/mol. The van der Waals surface area contributed by atoms with Gasteiger partial charge < -0.3 is 9.47 Å². The summed E-state index contributed by atoms with van der Waals surface area (Å²) in [5.74, 6) is 1.49. The molecule has 0 spiro atoms. The normalized spacial score (nSPS) is 12.9. The van der Waals surface area contributed by atoms with E-state index in [1.165, 1.54) is 5.56 Å². The average Bonchev–Trinajstić information content (AvgIpc) is 2.53. The number of ether oxygens (including phenoxy) is 2. The summed E-state index contributed by atoms with van der Waals surface area (Å²) in [5.41, 5.74) is 3.84. The zero-order valence-electron chi connectivity index (χ0n) is 12.1. The first-order valence-corrected chi connectivity index (χ1v) is 7.75. The number of carbonyl (C=O) groups excluding carboxylic acids is 1. The van der Waals surface area contributed by atoms with E-state index >= 15 is 0 Å². The quantitative estimate of drug-likeness (QED) is 0.763. The van der Waals surface area contributed by atoms with Crippen LogP contribution in [0, 0.1) is 6.92 Å². The van der Waals surface area contributed by atoms with E-state index in [9.17, 15) is 4.79 Å². The smallest absolute Gasteiger partial charge is 0.149 e. The molecule has 1 heterocycles. The van der Waals surface area contributed by atoms with Gasteiger partial charge in [-0.3, -0.25) is 4.79 Å². The molecule has 112 valence electrons. The lowest BCUT2D eigenvalue weighted by Crippen LogP contribution is -2.08. The molecule has 0 fully saturated rings. The molecule has 3 rings (SSSR count). The van der Waals surface area contributed by atoms with Crippen molar-refractivity contribution in [3.63, 3.8) is 0 Å². The number of hydrogen-bond acceptors (Lipinski definition) is 3. The van der Waals surface area contributed by atoms with E-state index in [2.05, 4.69) is 35.0 Å². The van der Waals surface area contributed by atoms with E-state index < -0.39 is 0 Å². The number of fused-ring (bicyclic) bond motifs is 1. The van der Waals surface area contributed by atoms with Gasteiger partial charge in [0.1, 0.15) is 31.0 Å². The summed E-state index contributed by atoms with van der Waals surface area (Å²) in [6, 6.07) is 11.8. The van der Waals surface area contributed by atoms with Crippen molar-refractivity contribution in [1.29, 1.82) is 0 Å². The van der Waals surface area contributed by atoms with Crippen molar-refractivity contribution in [1.82, 2.24) is 0 Å². The molecule has 1 aliphatic heterocycles. The third-order valence-electron chi connectivity index (χ3n) is 3.47. The highest BCUT2D eigenvalue weighted by Crippen LogP contribution is 2.30. The molecule has 2 aromatic rings. The van der Waals surface area contributed by atoms with Crippen LogP contribution in [0.4, 0.5) is 0 Å². The van der Waals surface area contributed by atoms with Crippen LogP contribution in [0.2, 0.25) is 0 Å². The Bertz CT molecular complexity index is 750. The van der Waals surface area contributed by atoms with E-state index in [1.54, 1.807) is 0 Å². The zero-order valence-corrected chi connectivity index (χ0v) is 13.7. The minimum atomic E-state index is 0.309. The van der Waals surface area contributed by atoms with Crippen LogP contribution < -0.4 is 9.47 Å². The molecule has 2 aromatic carbocycles. The Morgan fingerprint density at radius 3 is 2.91 bits per heavy atom. The minimum absolute atomic E-state index is 0.309. The monoisotopic (exact) mass is 358 g/mol. The topological polar surface area (TPSA) is 35.5 Å². The highest BCUT2D eigenvalue weighted by atomic mass is 79.9. The molecule has 0 radical (unpaired) electrons. The number of rotatable bonds is 4. The molecule has 0 saturated heterocycles. The number of aryl methyl sites for hydroxylation is 1. The van der Waals surface area contributed by atoms with Crippen LogP contribution in [0.1, 0.15) is 16.7 Å². The Balaban J connectivity index is 1.74. The van der Waals surface area contributed by atoms with E-state index in [0.717, 1.165) is 33.4 Å². The van der Waals surface area contributed by atoms with Gasteiger partial charge in [-0.2, -0.15) is 0 Å². The molecule has 3 nitrogen and oxygen atoms in total. The first-order valence-electron chi connectivity index (χ1n) is 6.96. The molecular formula is C18H15BrO3. The SMILES string of the molecule is Cc1ccc(COc2ccc3c(c2)OCC(C=O)=C3)c(Br)c1. The standard InChI is InChI=1S/C18H15BrO3/c1-12-2-3-15(17(19)6-12)11-21-16-5-4-14-7-13(9-20)10-22-18(14)8-16/h2-9H,10-11H2,1H3. The number of benzene rings is 2. The van der Waals surface area contributed by atoms with Crippen LogP contribution in [0.25, 0.3) is 6.08 Å². The first kappa shape index (κ1) is 14.9. The highest BCUT2D eigenvalue weighted by Gasteiger charge is 2.12. The number of carbonyl (C=O) groups is 1. The summed E-state index contributed by atoms with van der Waals surface area (Å²) < 4.78 is 12.4. The summed E-state index contributed by atoms with van der Waals surface area (Å²) in [7, 11) is 0. The van der Waals surface area contributed by atoms with Gasteiger partial charge in [0.15, 0.2) is 0 Å². The molecule has 0 aliphatic carbocycles. The largest absolute Gasteiger partial charge is 0.489 e. The predicted octanol–water partition coefficient (Wildman–Crippen LogP) is 4.31. The molecular weight excluding hydrogens is 344 g/mol. The van der Waals surface area contributed by atoms with Crippen molar-refractivity contribution in [2.24, 2.45) is 0 Å². The van der Waals surface area contributed by atoms with Crippen LogP contribution >= 0.6 is 15.9 Å². The molecule has 1 aliphatic rings. The van der Waals surface area contributed by atoms with E-state index in [-0.39, 0.29) is 0 Å². The van der Waals surface area contributed by atoms with E-state index in [4.69, 9.17) is 9.47 Å². The van der Waals surface area contributed by atoms with E-state index in [1.807, 2.05) is 30.3 Å². The van der Waals surface area contributed by atoms with Crippen molar-refractivity contribution in [3.8, 4) is 11.5 Å². The van der Waals surface area contributed by atoms with Gasteiger partial charge in [-0.1, -0.05) is 28.1 Å². The fourth-order valence-electron chi connectivity index (χ4n) is 2.25. The molecule has 0 aromatic heterocycles. The third kappa shape index (κ3) is 3.22. The summed E-state index contributed by atoms with van der Waals surface area (Å²) in [6.45, 7) is 2.84. The summed E-state index contributed by atoms with van der Waals surface area (Å²) >= 11 is 3.55. The molecule has 0 unspecified atom stereocenters. The fourth-order valence-corrected chi connectivity index (χ4v) is 2.86. The number of halogens is 1. The second-order valence-electron chi connectivity index (χ2n) is 5.21. The average molecular weight is 359 g/mol. The van der Waals surface area contributed by atoms with Gasteiger partial charge in [-0.25, -0.2) is 0 Å². The van der Waals surface area contributed by atoms with Crippen LogP contribution in [-0.2, 0) is 11.4 Å². The molecule has 0 atom stereocenters. The Kier molecular flexibility index (Phi) is 4.29. The minimum Gasteiger partial charge on any atom is -0.489 e. The summed E-state index contributed by atoms with van der Waals surface area (Å²) in [6.07, 6.45) is 2.66. The van der Waals surface area contributed by atoms with Crippen molar-refractivity contribution < 1.29 is 14.3 Å². The maximum Gasteiger partial charge on any atom is 0.149 e. The Morgan fingerprint density at radius 2 is 2.14 bits per heavy atom. The highest BCUT2D eigenvalue weighted by molar-refractivity contribution is 9.10. The number of hydrogen-bond donors (Lipinski definition) is 0. The first-order chi connectivity index (χ1) is 10.7. The number of aldehydes is 1. The third-order valence-corrected chi connectivity index (χ3v) is 4.21. The van der Waals surface area contributed by atoms with Gasteiger partial charge in [0, 0.05) is 27.2 Å². The molecule has 0 N–H and O–H groups in total. The van der Waals surface area contributed by atoms with E-state index in [0.29, 0.717) is 18.8 Å². The fraction of sp³-hybridized carbons (Fsp3) is 0.167. The molecule has 0 bridgehead atoms. The molecule has 4 heteroatoms. The maximum atomic E-state index is 10.8. The van der Waals surface area contributed by atoms with Crippen molar-refractivity contribution >= 4 is 28.3 Å². The van der Waals surface area contributed by atoms with Gasteiger partial charge in [0.05, 0.1) is 0 Å². The Morgan fingerprint density at radius 1 is 1.27 bits per heavy atom. The zero-order chi connectivity index (χ0) is 15.5. The van der Waals surface area contributed by atoms with Gasteiger partial charge in [-0.15, -0.1) is 0 Å². The molecule has 22 heavy (non-hydrogen) atoms. The van der Waals surface area contributed by atoms with Gasteiger partial charge in [0.2, 0.25) is 0 Å². The van der Waals surface area contributed by atoms with Gasteiger partial charge in [-0.05, 0) is 36.8 Å². The maximum absolute atomic E-state index is 10.8. The van der Waals surface area contributed by atoms with Crippen LogP contribution in [0.5, 0.6) is 11.5 Å². The van der Waals surface area contributed by atoms with Crippen molar-refractivity contribution in [3.05, 3.63) is 63.1 Å². The molecule has 0 amide bonds. The van der Waals surface area contributed by atoms with Crippen LogP contribution in [0.3, 0.4) is 0 Å². The van der Waals surface area contributed by atoms with Gasteiger partial charge in [0.25, 0.3) is 0 Å². The second-order valence-corrected chi connectivity index (χ2v) is 6.06. The van der Waals surface area contributed by atoms with Crippen LogP contribution in [0.15, 0.2) is 46.4 Å². The lowest BCUT2D eigenvalue weighted by Gasteiger charge is -2.16. The summed E-state index contributed by atoms with van der Waals surface area (Å²) in [4.78, 5) is 10.8. The lowest BCUT2D eigenvalue weighted by atomic mass is 10.1. The second kappa shape index (κ2) is 6.36. The van der Waals surface area contributed by atoms with Crippen LogP contribution in [-0.4, -0.2) is 12.9 Å².